The number of hydrogen-bond donors (Lipinski definition) is 0. The highest BCUT2D eigenvalue weighted by molar-refractivity contribution is 5.79. The number of halogens is 3. The second kappa shape index (κ2) is 7.72. The number of methoxy groups -OCH3 is 1. The van der Waals surface area contributed by atoms with E-state index in [0.717, 1.165) is 11.8 Å². The van der Waals surface area contributed by atoms with Crippen molar-refractivity contribution in [2.24, 2.45) is 5.92 Å². The summed E-state index contributed by atoms with van der Waals surface area (Å²) in [6.45, 7) is 2.58. The fraction of sp³-hybridized carbons (Fsp3) is 0.474. The third kappa shape index (κ3) is 4.50. The van der Waals surface area contributed by atoms with Gasteiger partial charge in [0.2, 0.25) is 5.91 Å². The van der Waals surface area contributed by atoms with Crippen LogP contribution in [0.5, 0.6) is 0 Å². The summed E-state index contributed by atoms with van der Waals surface area (Å²) in [6, 6.07) is 7.01. The summed E-state index contributed by atoms with van der Waals surface area (Å²) in [5.41, 5.74) is -0.0125. The smallest absolute Gasteiger partial charge is 0.379 e. The van der Waals surface area contributed by atoms with Crippen LogP contribution in [0.2, 0.25) is 0 Å². The number of aryl methyl sites for hydroxylation is 1. The van der Waals surface area contributed by atoms with Gasteiger partial charge in [-0.25, -0.2) is 0 Å². The second-order valence-corrected chi connectivity index (χ2v) is 6.80. The zero-order valence-electron chi connectivity index (χ0n) is 15.1. The molecule has 0 aliphatic carbocycles. The Kier molecular flexibility index (Phi) is 5.55. The van der Waals surface area contributed by atoms with Crippen LogP contribution in [0.15, 0.2) is 34.9 Å². The molecule has 3 rings (SSSR count). The summed E-state index contributed by atoms with van der Waals surface area (Å²) in [5, 5.41) is 3.85. The number of benzene rings is 1. The summed E-state index contributed by atoms with van der Waals surface area (Å²) in [7, 11) is 1.57. The van der Waals surface area contributed by atoms with E-state index in [4.69, 9.17) is 9.26 Å². The average Bonchev–Trinajstić information content (AvgIpc) is 3.20. The number of ether oxygens (including phenoxy) is 1. The molecule has 146 valence electrons. The van der Waals surface area contributed by atoms with E-state index >= 15 is 0 Å². The Morgan fingerprint density at radius 1 is 1.33 bits per heavy atom. The highest BCUT2D eigenvalue weighted by atomic mass is 19.4. The van der Waals surface area contributed by atoms with E-state index in [9.17, 15) is 18.0 Å². The summed E-state index contributed by atoms with van der Waals surface area (Å²) in [6.07, 6.45) is -4.41. The van der Waals surface area contributed by atoms with Gasteiger partial charge in [0, 0.05) is 38.6 Å². The van der Waals surface area contributed by atoms with Crippen LogP contribution in [0, 0.1) is 12.8 Å². The molecule has 0 spiro atoms. The zero-order chi connectivity index (χ0) is 19.6. The number of aromatic nitrogens is 1. The largest absolute Gasteiger partial charge is 0.416 e. The van der Waals surface area contributed by atoms with Crippen molar-refractivity contribution < 1.29 is 27.2 Å². The number of alkyl halides is 3. The zero-order valence-corrected chi connectivity index (χ0v) is 15.1. The van der Waals surface area contributed by atoms with Crippen LogP contribution in [0.1, 0.15) is 22.6 Å². The number of carbonyl (C=O) groups is 1. The standard InChI is InChI=1S/C19H21F3N2O3/c1-12-7-15(27-23-12)8-14-10-24(11-17(14)26-2)18(25)9-13-5-3-4-6-16(13)19(20,21)22/h3-7,14,17H,8-11H2,1-2H3/t14-,17+/m1/s1. The number of amides is 1. The van der Waals surface area contributed by atoms with Crippen molar-refractivity contribution in [2.75, 3.05) is 20.2 Å². The number of rotatable bonds is 5. The van der Waals surface area contributed by atoms with E-state index < -0.39 is 11.7 Å². The molecule has 1 fully saturated rings. The quantitative estimate of drug-likeness (QED) is 0.797. The molecule has 2 atom stereocenters. The van der Waals surface area contributed by atoms with E-state index in [1.165, 1.54) is 18.2 Å². The summed E-state index contributed by atoms with van der Waals surface area (Å²) in [4.78, 5) is 14.2. The molecule has 27 heavy (non-hydrogen) atoms. The van der Waals surface area contributed by atoms with E-state index in [-0.39, 0.29) is 29.9 Å². The van der Waals surface area contributed by atoms with Gasteiger partial charge in [0.05, 0.1) is 23.8 Å². The van der Waals surface area contributed by atoms with Crippen LogP contribution in [-0.4, -0.2) is 42.3 Å². The van der Waals surface area contributed by atoms with Crippen LogP contribution in [-0.2, 0) is 28.5 Å². The SMILES string of the molecule is CO[C@H]1CN(C(=O)Cc2ccccc2C(F)(F)F)C[C@H]1Cc1cc(C)no1. The van der Waals surface area contributed by atoms with Crippen molar-refractivity contribution in [3.05, 3.63) is 52.9 Å². The van der Waals surface area contributed by atoms with Gasteiger partial charge in [0.1, 0.15) is 5.76 Å². The number of nitrogens with zero attached hydrogens (tertiary/aromatic N) is 2. The Morgan fingerprint density at radius 3 is 2.70 bits per heavy atom. The first-order valence-electron chi connectivity index (χ1n) is 8.65. The normalized spacial score (nSPS) is 20.3. The van der Waals surface area contributed by atoms with Crippen molar-refractivity contribution in [1.82, 2.24) is 10.1 Å². The molecule has 1 amide bonds. The van der Waals surface area contributed by atoms with Gasteiger partial charge in [0.15, 0.2) is 0 Å². The minimum absolute atomic E-state index is 0.00385. The number of carbonyl (C=O) groups excluding carboxylic acids is 1. The first-order chi connectivity index (χ1) is 12.8. The lowest BCUT2D eigenvalue weighted by atomic mass is 10.0. The van der Waals surface area contributed by atoms with Gasteiger partial charge in [0.25, 0.3) is 0 Å². The average molecular weight is 382 g/mol. The molecule has 1 aliphatic heterocycles. The van der Waals surface area contributed by atoms with Gasteiger partial charge >= 0.3 is 6.18 Å². The van der Waals surface area contributed by atoms with Gasteiger partial charge < -0.3 is 14.2 Å². The van der Waals surface area contributed by atoms with Crippen molar-refractivity contribution in [2.45, 2.75) is 32.0 Å². The maximum atomic E-state index is 13.1. The Bertz CT molecular complexity index is 803. The maximum Gasteiger partial charge on any atom is 0.416 e. The van der Waals surface area contributed by atoms with Gasteiger partial charge in [-0.05, 0) is 18.6 Å². The minimum atomic E-state index is -4.48. The second-order valence-electron chi connectivity index (χ2n) is 6.80. The predicted octanol–water partition coefficient (Wildman–Crippen LogP) is 3.26. The van der Waals surface area contributed by atoms with Gasteiger partial charge in [-0.3, -0.25) is 4.79 Å². The lowest BCUT2D eigenvalue weighted by Gasteiger charge is -2.18. The highest BCUT2D eigenvalue weighted by Gasteiger charge is 2.37. The van der Waals surface area contributed by atoms with Crippen molar-refractivity contribution in [3.63, 3.8) is 0 Å². The molecule has 1 aromatic heterocycles. The Labute approximate surface area is 155 Å². The molecule has 2 aromatic rings. The Hall–Kier alpha value is -2.35. The van der Waals surface area contributed by atoms with Crippen molar-refractivity contribution in [3.8, 4) is 0 Å². The molecule has 5 nitrogen and oxygen atoms in total. The van der Waals surface area contributed by atoms with E-state index in [1.807, 2.05) is 13.0 Å². The monoisotopic (exact) mass is 382 g/mol. The summed E-state index contributed by atoms with van der Waals surface area (Å²) < 4.78 is 50.1. The fourth-order valence-corrected chi connectivity index (χ4v) is 3.50. The third-order valence-corrected chi connectivity index (χ3v) is 4.84. The molecule has 1 aliphatic rings. The molecule has 0 radical (unpaired) electrons. The highest BCUT2D eigenvalue weighted by Crippen LogP contribution is 2.32. The maximum absolute atomic E-state index is 13.1. The molecule has 0 bridgehead atoms. The molecular formula is C19H21F3N2O3. The molecule has 2 heterocycles. The number of likely N-dealkylation sites (tertiary alicyclic amines) is 1. The fourth-order valence-electron chi connectivity index (χ4n) is 3.50. The topological polar surface area (TPSA) is 55.6 Å². The minimum Gasteiger partial charge on any atom is -0.379 e. The lowest BCUT2D eigenvalue weighted by molar-refractivity contribution is -0.138. The van der Waals surface area contributed by atoms with Gasteiger partial charge in [-0.15, -0.1) is 0 Å². The Balaban J connectivity index is 1.69. The molecular weight excluding hydrogens is 361 g/mol. The van der Waals surface area contributed by atoms with Gasteiger partial charge in [-0.2, -0.15) is 13.2 Å². The lowest BCUT2D eigenvalue weighted by Crippen LogP contribution is -2.31. The van der Waals surface area contributed by atoms with Crippen molar-refractivity contribution >= 4 is 5.91 Å². The Morgan fingerprint density at radius 2 is 2.07 bits per heavy atom. The number of hydrogen-bond acceptors (Lipinski definition) is 4. The van der Waals surface area contributed by atoms with Crippen LogP contribution in [0.4, 0.5) is 13.2 Å². The first kappa shape index (κ1) is 19.4. The first-order valence-corrected chi connectivity index (χ1v) is 8.65. The van der Waals surface area contributed by atoms with Crippen LogP contribution < -0.4 is 0 Å². The van der Waals surface area contributed by atoms with Crippen LogP contribution in [0.3, 0.4) is 0 Å². The molecule has 0 N–H and O–H groups in total. The predicted molar refractivity (Wildman–Crippen MR) is 91.0 cm³/mol. The summed E-state index contributed by atoms with van der Waals surface area (Å²) >= 11 is 0. The molecule has 0 saturated carbocycles. The molecule has 0 unspecified atom stereocenters. The molecule has 1 saturated heterocycles. The van der Waals surface area contributed by atoms with Crippen LogP contribution in [0.25, 0.3) is 0 Å². The van der Waals surface area contributed by atoms with Gasteiger partial charge in [-0.1, -0.05) is 23.4 Å². The molecule has 8 heteroatoms. The molecule has 1 aromatic carbocycles. The van der Waals surface area contributed by atoms with Crippen LogP contribution >= 0.6 is 0 Å². The van der Waals surface area contributed by atoms with E-state index in [0.29, 0.717) is 25.3 Å². The van der Waals surface area contributed by atoms with E-state index in [1.54, 1.807) is 12.0 Å². The third-order valence-electron chi connectivity index (χ3n) is 4.84. The van der Waals surface area contributed by atoms with E-state index in [2.05, 4.69) is 5.16 Å². The van der Waals surface area contributed by atoms with Crippen molar-refractivity contribution in [1.29, 1.82) is 0 Å². The summed E-state index contributed by atoms with van der Waals surface area (Å²) in [5.74, 6) is 0.366.